The lowest BCUT2D eigenvalue weighted by molar-refractivity contribution is -0.143. The quantitative estimate of drug-likeness (QED) is 0.636. The molecule has 0 fully saturated rings. The average Bonchev–Trinajstić information content (AvgIpc) is 2.73. The number of hydrogen-bond acceptors (Lipinski definition) is 3. The highest BCUT2D eigenvalue weighted by molar-refractivity contribution is 5.88. The lowest BCUT2D eigenvalue weighted by Crippen LogP contribution is -2.51. The van der Waals surface area contributed by atoms with Gasteiger partial charge in [-0.1, -0.05) is 50.2 Å². The minimum Gasteiger partial charge on any atom is -0.484 e. The Kier molecular flexibility index (Phi) is 8.90. The number of carbonyl (C=O) groups is 2. The molecule has 0 unspecified atom stereocenters. The Morgan fingerprint density at radius 1 is 1.03 bits per heavy atom. The van der Waals surface area contributed by atoms with Gasteiger partial charge >= 0.3 is 0 Å². The van der Waals surface area contributed by atoms with Crippen molar-refractivity contribution < 1.29 is 14.3 Å². The largest absolute Gasteiger partial charge is 0.484 e. The van der Waals surface area contributed by atoms with Crippen LogP contribution in [-0.4, -0.2) is 35.4 Å². The Bertz CT molecular complexity index is 831. The molecular formula is C25H34N2O3. The fourth-order valence-corrected chi connectivity index (χ4v) is 3.32. The van der Waals surface area contributed by atoms with Gasteiger partial charge in [-0.05, 0) is 62.4 Å². The monoisotopic (exact) mass is 410 g/mol. The van der Waals surface area contributed by atoms with Crippen LogP contribution in [0.2, 0.25) is 0 Å². The predicted molar refractivity (Wildman–Crippen MR) is 120 cm³/mol. The number of nitrogens with one attached hydrogen (secondary N) is 1. The second kappa shape index (κ2) is 11.4. The first-order chi connectivity index (χ1) is 14.3. The van der Waals surface area contributed by atoms with Crippen molar-refractivity contribution in [2.45, 2.75) is 66.1 Å². The van der Waals surface area contributed by atoms with E-state index in [-0.39, 0.29) is 24.5 Å². The Balaban J connectivity index is 2.20. The van der Waals surface area contributed by atoms with Gasteiger partial charge in [0, 0.05) is 12.6 Å². The zero-order valence-corrected chi connectivity index (χ0v) is 18.8. The average molecular weight is 411 g/mol. The summed E-state index contributed by atoms with van der Waals surface area (Å²) in [6, 6.07) is 15.1. The van der Waals surface area contributed by atoms with Crippen LogP contribution in [-0.2, 0) is 22.6 Å². The molecule has 0 aliphatic rings. The summed E-state index contributed by atoms with van der Waals surface area (Å²) in [6.45, 7) is 10.1. The van der Waals surface area contributed by atoms with Gasteiger partial charge in [0.15, 0.2) is 6.61 Å². The summed E-state index contributed by atoms with van der Waals surface area (Å²) in [4.78, 5) is 27.6. The molecule has 5 heteroatoms. The van der Waals surface area contributed by atoms with Gasteiger partial charge in [0.05, 0.1) is 0 Å². The van der Waals surface area contributed by atoms with Gasteiger partial charge in [-0.25, -0.2) is 0 Å². The van der Waals surface area contributed by atoms with Crippen molar-refractivity contribution in [3.63, 3.8) is 0 Å². The highest BCUT2D eigenvalue weighted by Crippen LogP contribution is 2.17. The van der Waals surface area contributed by atoms with E-state index >= 15 is 0 Å². The fourth-order valence-electron chi connectivity index (χ4n) is 3.32. The zero-order valence-electron chi connectivity index (χ0n) is 18.8. The van der Waals surface area contributed by atoms with E-state index in [2.05, 4.69) is 12.2 Å². The summed E-state index contributed by atoms with van der Waals surface area (Å²) in [6.07, 6.45) is 1.48. The molecule has 0 saturated carbocycles. The molecule has 2 rings (SSSR count). The van der Waals surface area contributed by atoms with Crippen molar-refractivity contribution in [1.82, 2.24) is 10.2 Å². The molecule has 0 radical (unpaired) electrons. The molecule has 0 bridgehead atoms. The molecule has 162 valence electrons. The summed E-state index contributed by atoms with van der Waals surface area (Å²) >= 11 is 0. The first kappa shape index (κ1) is 23.5. The van der Waals surface area contributed by atoms with Gasteiger partial charge in [-0.15, -0.1) is 0 Å². The molecule has 0 aliphatic heterocycles. The normalized spacial score (nSPS) is 11.8. The van der Waals surface area contributed by atoms with E-state index in [1.165, 1.54) is 5.56 Å². The predicted octanol–water partition coefficient (Wildman–Crippen LogP) is 4.27. The van der Waals surface area contributed by atoms with Gasteiger partial charge in [-0.2, -0.15) is 0 Å². The van der Waals surface area contributed by atoms with Crippen LogP contribution < -0.4 is 10.1 Å². The maximum absolute atomic E-state index is 13.2. The lowest BCUT2D eigenvalue weighted by atomic mass is 10.1. The van der Waals surface area contributed by atoms with E-state index in [0.29, 0.717) is 18.7 Å². The molecule has 2 aromatic carbocycles. The van der Waals surface area contributed by atoms with Gasteiger partial charge in [0.2, 0.25) is 5.91 Å². The minimum absolute atomic E-state index is 0.00953. The molecule has 0 saturated heterocycles. The molecular weight excluding hydrogens is 376 g/mol. The number of carbonyl (C=O) groups excluding carboxylic acids is 2. The molecule has 5 nitrogen and oxygen atoms in total. The Hall–Kier alpha value is -2.82. The van der Waals surface area contributed by atoms with Gasteiger partial charge in [0.1, 0.15) is 11.8 Å². The molecule has 0 heterocycles. The Morgan fingerprint density at radius 3 is 2.27 bits per heavy atom. The van der Waals surface area contributed by atoms with Crippen LogP contribution in [0.15, 0.2) is 48.5 Å². The second-order valence-electron chi connectivity index (χ2n) is 7.82. The van der Waals surface area contributed by atoms with Crippen molar-refractivity contribution >= 4 is 11.8 Å². The zero-order chi connectivity index (χ0) is 22.1. The van der Waals surface area contributed by atoms with Crippen molar-refractivity contribution in [3.05, 3.63) is 65.2 Å². The van der Waals surface area contributed by atoms with Crippen LogP contribution in [0.1, 0.15) is 50.8 Å². The smallest absolute Gasteiger partial charge is 0.261 e. The van der Waals surface area contributed by atoms with Crippen LogP contribution in [0.3, 0.4) is 0 Å². The molecule has 1 atom stereocenters. The van der Waals surface area contributed by atoms with E-state index in [1.54, 1.807) is 4.90 Å². The van der Waals surface area contributed by atoms with Crippen LogP contribution >= 0.6 is 0 Å². The van der Waals surface area contributed by atoms with Crippen molar-refractivity contribution in [2.75, 3.05) is 6.61 Å². The second-order valence-corrected chi connectivity index (χ2v) is 7.82. The third-order valence-electron chi connectivity index (χ3n) is 5.11. The highest BCUT2D eigenvalue weighted by Gasteiger charge is 2.29. The number of ether oxygens (including phenoxy) is 1. The van der Waals surface area contributed by atoms with E-state index in [1.807, 2.05) is 76.2 Å². The maximum Gasteiger partial charge on any atom is 0.261 e. The Morgan fingerprint density at radius 2 is 1.70 bits per heavy atom. The third-order valence-corrected chi connectivity index (χ3v) is 5.11. The molecule has 30 heavy (non-hydrogen) atoms. The standard InChI is InChI=1S/C25H34N2O3/c1-6-20-12-14-22(15-13-20)30-17-24(28)27(16-21-11-9-8-10-19(21)5)23(7-2)25(29)26-18(3)4/h8-15,18,23H,6-7,16-17H2,1-5H3,(H,26,29)/t23-/m0/s1. The maximum atomic E-state index is 13.2. The molecule has 0 aromatic heterocycles. The van der Waals surface area contributed by atoms with Crippen molar-refractivity contribution in [3.8, 4) is 5.75 Å². The van der Waals surface area contributed by atoms with E-state index < -0.39 is 6.04 Å². The van der Waals surface area contributed by atoms with Crippen LogP contribution in [0, 0.1) is 6.92 Å². The number of amides is 2. The summed E-state index contributed by atoms with van der Waals surface area (Å²) in [7, 11) is 0. The summed E-state index contributed by atoms with van der Waals surface area (Å²) in [5.74, 6) is 0.307. The van der Waals surface area contributed by atoms with E-state index in [0.717, 1.165) is 17.5 Å². The summed E-state index contributed by atoms with van der Waals surface area (Å²) in [5, 5.41) is 2.94. The van der Waals surface area contributed by atoms with Crippen molar-refractivity contribution in [1.29, 1.82) is 0 Å². The Labute approximate surface area is 180 Å². The fraction of sp³-hybridized carbons (Fsp3) is 0.440. The molecule has 2 aromatic rings. The molecule has 2 amide bonds. The SMILES string of the molecule is CCc1ccc(OCC(=O)N(Cc2ccccc2C)[C@@H](CC)C(=O)NC(C)C)cc1. The first-order valence-electron chi connectivity index (χ1n) is 10.7. The summed E-state index contributed by atoms with van der Waals surface area (Å²) in [5.41, 5.74) is 3.32. The van der Waals surface area contributed by atoms with Crippen molar-refractivity contribution in [2.24, 2.45) is 0 Å². The number of aryl methyl sites for hydroxylation is 2. The number of benzene rings is 2. The first-order valence-corrected chi connectivity index (χ1v) is 10.7. The molecule has 0 spiro atoms. The van der Waals surface area contributed by atoms with E-state index in [9.17, 15) is 9.59 Å². The minimum atomic E-state index is -0.550. The van der Waals surface area contributed by atoms with Crippen LogP contribution in [0.25, 0.3) is 0 Å². The molecule has 0 aliphatic carbocycles. The number of rotatable bonds is 10. The van der Waals surface area contributed by atoms with E-state index in [4.69, 9.17) is 4.74 Å². The van der Waals surface area contributed by atoms with Gasteiger partial charge in [-0.3, -0.25) is 9.59 Å². The lowest BCUT2D eigenvalue weighted by Gasteiger charge is -2.31. The van der Waals surface area contributed by atoms with Crippen LogP contribution in [0.4, 0.5) is 0 Å². The van der Waals surface area contributed by atoms with Gasteiger partial charge in [0.25, 0.3) is 5.91 Å². The van der Waals surface area contributed by atoms with Gasteiger partial charge < -0.3 is 15.0 Å². The molecule has 1 N–H and O–H groups in total. The number of hydrogen-bond donors (Lipinski definition) is 1. The summed E-state index contributed by atoms with van der Waals surface area (Å²) < 4.78 is 5.75. The van der Waals surface area contributed by atoms with Crippen LogP contribution in [0.5, 0.6) is 5.75 Å². The number of nitrogens with zero attached hydrogens (tertiary/aromatic N) is 1. The third kappa shape index (κ3) is 6.61. The highest BCUT2D eigenvalue weighted by atomic mass is 16.5. The topological polar surface area (TPSA) is 58.6 Å².